The van der Waals surface area contributed by atoms with Gasteiger partial charge in [0.05, 0.1) is 12.0 Å². The lowest BCUT2D eigenvalue weighted by Gasteiger charge is -2.20. The predicted octanol–water partition coefficient (Wildman–Crippen LogP) is -0.128. The summed E-state index contributed by atoms with van der Waals surface area (Å²) in [7, 11) is 0. The van der Waals surface area contributed by atoms with E-state index in [1.807, 2.05) is 0 Å². The van der Waals surface area contributed by atoms with Crippen molar-refractivity contribution in [1.29, 1.82) is 0 Å². The number of carboxylic acid groups (broad SMARTS) is 1. The largest absolute Gasteiger partial charge is 0.481 e. The summed E-state index contributed by atoms with van der Waals surface area (Å²) in [5.41, 5.74) is 3.90. The molecule has 1 aliphatic rings. The predicted molar refractivity (Wildman–Crippen MR) is 36.3 cm³/mol. The van der Waals surface area contributed by atoms with Crippen LogP contribution >= 0.6 is 0 Å². The molecule has 4 N–H and O–H groups in total. The molecule has 0 unspecified atom stereocenters. The molecule has 0 aromatic carbocycles. The maximum Gasteiger partial charge on any atom is 0.306 e. The smallest absolute Gasteiger partial charge is 0.306 e. The van der Waals surface area contributed by atoms with Crippen LogP contribution in [0.3, 0.4) is 0 Å². The molecule has 1 saturated carbocycles. The Morgan fingerprint density at radius 3 is 2.20 bits per heavy atom. The quantitative estimate of drug-likeness (QED) is 0.538. The molecule has 0 amide bonds. The highest BCUT2D eigenvalue weighted by molar-refractivity contribution is 5.69. The molecule has 0 radical (unpaired) electrons. The van der Waals surface area contributed by atoms with Gasteiger partial charge in [0.25, 0.3) is 0 Å². The van der Waals surface area contributed by atoms with Crippen LogP contribution in [0.5, 0.6) is 0 Å². The van der Waals surface area contributed by atoms with Crippen molar-refractivity contribution >= 4 is 5.97 Å². The minimum atomic E-state index is -0.632. The number of rotatable bonds is 1. The van der Waals surface area contributed by atoms with Crippen LogP contribution in [0.4, 0.5) is 0 Å². The first-order valence-electron chi connectivity index (χ1n) is 3.76. The van der Waals surface area contributed by atoms with Crippen molar-refractivity contribution in [2.24, 2.45) is 5.92 Å². The van der Waals surface area contributed by atoms with Crippen molar-refractivity contribution in [3.8, 4) is 0 Å². The molecule has 0 spiro atoms. The van der Waals surface area contributed by atoms with Gasteiger partial charge in [-0.1, -0.05) is 0 Å². The minimum absolute atomic E-state index is 0.0852. The van der Waals surface area contributed by atoms with E-state index >= 15 is 0 Å². The Kier molecular flexibility index (Phi) is 2.27. The fourth-order valence-electron chi connectivity index (χ4n) is 1.41. The lowest BCUT2D eigenvalue weighted by atomic mass is 9.87. The van der Waals surface area contributed by atoms with Crippen LogP contribution in [-0.2, 0) is 4.79 Å². The summed E-state index contributed by atoms with van der Waals surface area (Å²) in [5, 5.41) is 8.60. The lowest BCUT2D eigenvalue weighted by molar-refractivity contribution is -0.426. The van der Waals surface area contributed by atoms with Gasteiger partial charge in [0.1, 0.15) is 0 Å². The Balaban J connectivity index is 2.33. The zero-order valence-corrected chi connectivity index (χ0v) is 6.05. The molecule has 1 aliphatic carbocycles. The summed E-state index contributed by atoms with van der Waals surface area (Å²) in [6, 6.07) is 0.496. The SMILES string of the molecule is [NH3+]C1CCC(C(=O)O)CC1. The first kappa shape index (κ1) is 7.54. The summed E-state index contributed by atoms with van der Waals surface area (Å²) in [4.78, 5) is 10.4. The highest BCUT2D eigenvalue weighted by Crippen LogP contribution is 2.21. The van der Waals surface area contributed by atoms with Gasteiger partial charge in [0.2, 0.25) is 0 Å². The molecule has 58 valence electrons. The van der Waals surface area contributed by atoms with Gasteiger partial charge in [-0.2, -0.15) is 0 Å². The Labute approximate surface area is 60.2 Å². The molecule has 0 heterocycles. The number of aliphatic carboxylic acids is 1. The molecule has 0 atom stereocenters. The number of carbonyl (C=O) groups is 1. The Hall–Kier alpha value is -0.570. The molecule has 10 heavy (non-hydrogen) atoms. The molecule has 0 aliphatic heterocycles. The monoisotopic (exact) mass is 144 g/mol. The molecule has 0 saturated heterocycles. The second kappa shape index (κ2) is 3.01. The summed E-state index contributed by atoms with van der Waals surface area (Å²) < 4.78 is 0. The van der Waals surface area contributed by atoms with Crippen LogP contribution in [0.25, 0.3) is 0 Å². The summed E-state index contributed by atoms with van der Waals surface area (Å²) >= 11 is 0. The summed E-state index contributed by atoms with van der Waals surface area (Å²) in [6.07, 6.45) is 3.61. The van der Waals surface area contributed by atoms with Crippen LogP contribution in [0.15, 0.2) is 0 Å². The van der Waals surface area contributed by atoms with Crippen molar-refractivity contribution in [2.45, 2.75) is 31.7 Å². The molecular weight excluding hydrogens is 130 g/mol. The van der Waals surface area contributed by atoms with Crippen LogP contribution in [0.2, 0.25) is 0 Å². The Bertz CT molecular complexity index is 128. The summed E-state index contributed by atoms with van der Waals surface area (Å²) in [6.45, 7) is 0. The second-order valence-corrected chi connectivity index (χ2v) is 3.06. The van der Waals surface area contributed by atoms with E-state index in [9.17, 15) is 4.79 Å². The summed E-state index contributed by atoms with van der Waals surface area (Å²) in [5.74, 6) is -0.718. The van der Waals surface area contributed by atoms with Gasteiger partial charge in [0.15, 0.2) is 0 Å². The molecule has 0 aromatic rings. The van der Waals surface area contributed by atoms with Crippen molar-refractivity contribution in [3.05, 3.63) is 0 Å². The highest BCUT2D eigenvalue weighted by Gasteiger charge is 2.25. The molecule has 3 nitrogen and oxygen atoms in total. The van der Waals surface area contributed by atoms with Crippen molar-refractivity contribution in [3.63, 3.8) is 0 Å². The molecule has 1 rings (SSSR count). The first-order chi connectivity index (χ1) is 4.70. The third-order valence-electron chi connectivity index (χ3n) is 2.20. The van der Waals surface area contributed by atoms with Gasteiger partial charge in [0, 0.05) is 12.8 Å². The van der Waals surface area contributed by atoms with Gasteiger partial charge in [-0.3, -0.25) is 4.79 Å². The number of carboxylic acids is 1. The van der Waals surface area contributed by atoms with E-state index in [2.05, 4.69) is 5.73 Å². The Morgan fingerprint density at radius 2 is 1.80 bits per heavy atom. The normalized spacial score (nSPS) is 33.7. The maximum atomic E-state index is 10.4. The molecule has 3 heteroatoms. The van der Waals surface area contributed by atoms with Crippen LogP contribution < -0.4 is 5.73 Å². The van der Waals surface area contributed by atoms with E-state index in [-0.39, 0.29) is 5.92 Å². The van der Waals surface area contributed by atoms with Crippen molar-refractivity contribution in [1.82, 2.24) is 0 Å². The minimum Gasteiger partial charge on any atom is -0.481 e. The van der Waals surface area contributed by atoms with E-state index in [1.54, 1.807) is 0 Å². The Morgan fingerprint density at radius 1 is 1.30 bits per heavy atom. The molecule has 0 bridgehead atoms. The highest BCUT2D eigenvalue weighted by atomic mass is 16.4. The zero-order valence-electron chi connectivity index (χ0n) is 6.05. The van der Waals surface area contributed by atoms with Crippen LogP contribution in [-0.4, -0.2) is 17.1 Å². The van der Waals surface area contributed by atoms with E-state index < -0.39 is 5.97 Å². The van der Waals surface area contributed by atoms with E-state index in [0.717, 1.165) is 25.7 Å². The second-order valence-electron chi connectivity index (χ2n) is 3.06. The van der Waals surface area contributed by atoms with Crippen LogP contribution in [0.1, 0.15) is 25.7 Å². The standard InChI is InChI=1S/C7H13NO2/c8-6-3-1-5(2-4-6)7(9)10/h5-6H,1-4,8H2,(H,9,10)/p+1. The van der Waals surface area contributed by atoms with Gasteiger partial charge in [-0.15, -0.1) is 0 Å². The van der Waals surface area contributed by atoms with Crippen molar-refractivity contribution < 1.29 is 15.6 Å². The molecule has 1 fully saturated rings. The first-order valence-corrected chi connectivity index (χ1v) is 3.76. The van der Waals surface area contributed by atoms with Gasteiger partial charge in [-0.05, 0) is 12.8 Å². The fourth-order valence-corrected chi connectivity index (χ4v) is 1.41. The van der Waals surface area contributed by atoms with Gasteiger partial charge < -0.3 is 10.8 Å². The van der Waals surface area contributed by atoms with Gasteiger partial charge >= 0.3 is 5.97 Å². The molecular formula is C7H14NO2+. The van der Waals surface area contributed by atoms with Crippen molar-refractivity contribution in [2.75, 3.05) is 0 Å². The van der Waals surface area contributed by atoms with E-state index in [0.29, 0.717) is 6.04 Å². The van der Waals surface area contributed by atoms with E-state index in [1.165, 1.54) is 0 Å². The average molecular weight is 144 g/mol. The number of quaternary nitrogens is 1. The average Bonchev–Trinajstić information content (AvgIpc) is 1.88. The number of hydrogen-bond donors (Lipinski definition) is 2. The fraction of sp³-hybridized carbons (Fsp3) is 0.857. The van der Waals surface area contributed by atoms with E-state index in [4.69, 9.17) is 5.11 Å². The van der Waals surface area contributed by atoms with Crippen LogP contribution in [0, 0.1) is 5.92 Å². The topological polar surface area (TPSA) is 64.9 Å². The third-order valence-corrected chi connectivity index (χ3v) is 2.20. The van der Waals surface area contributed by atoms with Gasteiger partial charge in [-0.25, -0.2) is 0 Å². The lowest BCUT2D eigenvalue weighted by Crippen LogP contribution is -2.62. The zero-order chi connectivity index (χ0) is 7.56. The number of hydrogen-bond acceptors (Lipinski definition) is 1. The third kappa shape index (κ3) is 1.70. The maximum absolute atomic E-state index is 10.4. The molecule has 0 aromatic heterocycles.